The minimum atomic E-state index is -0.441. The molecule has 11 heteroatoms. The number of para-hydroxylation sites is 2. The molecule has 0 radical (unpaired) electrons. The molecule has 6 rings (SSSR count). The molecule has 2 aromatic heterocycles. The third-order valence-electron chi connectivity index (χ3n) is 6.56. The number of aromatic nitrogens is 2. The number of nitrogens with zero attached hydrogens (tertiary/aromatic N) is 4. The Bertz CT molecular complexity index is 2050. The van der Waals surface area contributed by atoms with Gasteiger partial charge in [0.25, 0.3) is 11.2 Å². The third kappa shape index (κ3) is 5.84. The number of rotatable bonds is 9. The van der Waals surface area contributed by atoms with Gasteiger partial charge in [0.2, 0.25) is 5.82 Å². The van der Waals surface area contributed by atoms with Gasteiger partial charge in [-0.1, -0.05) is 42.5 Å². The van der Waals surface area contributed by atoms with Gasteiger partial charge in [-0.05, 0) is 77.0 Å². The van der Waals surface area contributed by atoms with E-state index >= 15 is 0 Å². The smallest absolute Gasteiger partial charge is 0.282 e. The molecule has 43 heavy (non-hydrogen) atoms. The van der Waals surface area contributed by atoms with Crippen molar-refractivity contribution in [3.8, 4) is 23.1 Å². The molecule has 0 atom stereocenters. The van der Waals surface area contributed by atoms with Gasteiger partial charge in [-0.15, -0.1) is 0 Å². The molecule has 2 heterocycles. The second kappa shape index (κ2) is 12.1. The standard InChI is InChI=1S/C32H23IN4O6/c1-2-41-28-16-21(15-25(33)30(28)42-19-20-8-7-10-23(14-20)37(39)40)18-34-36-31(29-17-22-9-3-6-13-27(22)43-29)35-26-12-5-4-11-24(26)32(36)38/h3-18H,2,19H2,1H3. The predicted octanol–water partition coefficient (Wildman–Crippen LogP) is 7.18. The molecule has 0 aliphatic heterocycles. The minimum Gasteiger partial charge on any atom is -0.490 e. The summed E-state index contributed by atoms with van der Waals surface area (Å²) in [5.74, 6) is 1.66. The molecule has 0 aliphatic carbocycles. The SMILES string of the molecule is CCOc1cc(C=Nn2c(-c3cc4ccccc4o3)nc3ccccc3c2=O)cc(I)c1OCc1cccc([N+](=O)[O-])c1. The zero-order valence-corrected chi connectivity index (χ0v) is 24.9. The van der Waals surface area contributed by atoms with Crippen LogP contribution >= 0.6 is 22.6 Å². The van der Waals surface area contributed by atoms with Gasteiger partial charge in [0.05, 0.1) is 32.2 Å². The Morgan fingerprint density at radius 1 is 1.02 bits per heavy atom. The highest BCUT2D eigenvalue weighted by atomic mass is 127. The number of hydrogen-bond acceptors (Lipinski definition) is 8. The minimum absolute atomic E-state index is 0.00664. The molecule has 0 spiro atoms. The van der Waals surface area contributed by atoms with Crippen LogP contribution in [0, 0.1) is 13.7 Å². The summed E-state index contributed by atoms with van der Waals surface area (Å²) in [7, 11) is 0. The van der Waals surface area contributed by atoms with Crippen LogP contribution in [0.3, 0.4) is 0 Å². The number of benzene rings is 4. The number of hydrogen-bond donors (Lipinski definition) is 0. The summed E-state index contributed by atoms with van der Waals surface area (Å²) < 4.78 is 19.9. The average Bonchev–Trinajstić information content (AvgIpc) is 3.45. The highest BCUT2D eigenvalue weighted by molar-refractivity contribution is 14.1. The van der Waals surface area contributed by atoms with Crippen molar-refractivity contribution in [2.75, 3.05) is 6.61 Å². The van der Waals surface area contributed by atoms with E-state index in [1.54, 1.807) is 42.6 Å². The Hall–Kier alpha value is -5.04. The van der Waals surface area contributed by atoms with Crippen molar-refractivity contribution in [2.45, 2.75) is 13.5 Å². The monoisotopic (exact) mass is 686 g/mol. The van der Waals surface area contributed by atoms with Gasteiger partial charge in [0, 0.05) is 17.5 Å². The highest BCUT2D eigenvalue weighted by Crippen LogP contribution is 2.35. The van der Waals surface area contributed by atoms with E-state index in [4.69, 9.17) is 18.9 Å². The summed E-state index contributed by atoms with van der Waals surface area (Å²) in [6.45, 7) is 2.36. The van der Waals surface area contributed by atoms with Crippen molar-refractivity contribution in [3.05, 3.63) is 126 Å². The fraction of sp³-hybridized carbons (Fsp3) is 0.0938. The normalized spacial score (nSPS) is 11.4. The lowest BCUT2D eigenvalue weighted by Crippen LogP contribution is -2.20. The maximum Gasteiger partial charge on any atom is 0.282 e. The second-order valence-corrected chi connectivity index (χ2v) is 10.6. The Morgan fingerprint density at radius 3 is 2.65 bits per heavy atom. The molecule has 6 aromatic rings. The van der Waals surface area contributed by atoms with E-state index in [2.05, 4.69) is 27.7 Å². The highest BCUT2D eigenvalue weighted by Gasteiger charge is 2.17. The molecule has 0 unspecified atom stereocenters. The maximum atomic E-state index is 13.6. The maximum absolute atomic E-state index is 13.6. The van der Waals surface area contributed by atoms with Crippen LogP contribution in [0.25, 0.3) is 33.5 Å². The van der Waals surface area contributed by atoms with Gasteiger partial charge < -0.3 is 13.9 Å². The van der Waals surface area contributed by atoms with E-state index in [0.717, 1.165) is 8.96 Å². The summed E-state index contributed by atoms with van der Waals surface area (Å²) in [5.41, 5.74) is 2.17. The van der Waals surface area contributed by atoms with Crippen LogP contribution in [0.1, 0.15) is 18.1 Å². The molecule has 4 aromatic carbocycles. The van der Waals surface area contributed by atoms with Crippen molar-refractivity contribution >= 4 is 56.4 Å². The summed E-state index contributed by atoms with van der Waals surface area (Å²) in [6.07, 6.45) is 1.55. The number of furan rings is 1. The summed E-state index contributed by atoms with van der Waals surface area (Å²) in [5, 5.41) is 17.0. The van der Waals surface area contributed by atoms with Crippen LogP contribution in [-0.2, 0) is 6.61 Å². The van der Waals surface area contributed by atoms with Crippen molar-refractivity contribution in [2.24, 2.45) is 5.10 Å². The molecule has 0 bridgehead atoms. The van der Waals surface area contributed by atoms with Crippen LogP contribution in [0.2, 0.25) is 0 Å². The van der Waals surface area contributed by atoms with Gasteiger partial charge in [0.15, 0.2) is 17.3 Å². The molecule has 0 aliphatic rings. The van der Waals surface area contributed by atoms with Crippen LogP contribution in [-0.4, -0.2) is 27.4 Å². The van der Waals surface area contributed by atoms with Gasteiger partial charge in [-0.25, -0.2) is 4.98 Å². The molecule has 0 fully saturated rings. The first-order valence-electron chi connectivity index (χ1n) is 13.3. The van der Waals surface area contributed by atoms with E-state index in [1.165, 1.54) is 16.8 Å². The van der Waals surface area contributed by atoms with E-state index in [1.807, 2.05) is 49.4 Å². The summed E-state index contributed by atoms with van der Waals surface area (Å²) in [6, 6.07) is 26.4. The molecule has 0 saturated heterocycles. The van der Waals surface area contributed by atoms with Crippen LogP contribution < -0.4 is 15.0 Å². The van der Waals surface area contributed by atoms with Crippen molar-refractivity contribution in [1.29, 1.82) is 0 Å². The molecule has 214 valence electrons. The van der Waals surface area contributed by atoms with Crippen molar-refractivity contribution in [3.63, 3.8) is 0 Å². The zero-order valence-electron chi connectivity index (χ0n) is 22.8. The fourth-order valence-corrected chi connectivity index (χ4v) is 5.37. The molecule has 10 nitrogen and oxygen atoms in total. The Labute approximate surface area is 258 Å². The van der Waals surface area contributed by atoms with E-state index < -0.39 is 4.92 Å². The molecule has 0 saturated carbocycles. The van der Waals surface area contributed by atoms with Gasteiger partial charge >= 0.3 is 0 Å². The molecule has 0 N–H and O–H groups in total. The largest absolute Gasteiger partial charge is 0.490 e. The van der Waals surface area contributed by atoms with Crippen LogP contribution in [0.5, 0.6) is 11.5 Å². The second-order valence-electron chi connectivity index (χ2n) is 9.44. The number of non-ortho nitro benzene ring substituents is 1. The first-order valence-corrected chi connectivity index (χ1v) is 14.4. The van der Waals surface area contributed by atoms with Crippen molar-refractivity contribution < 1.29 is 18.8 Å². The van der Waals surface area contributed by atoms with Crippen LogP contribution in [0.15, 0.2) is 105 Å². The lowest BCUT2D eigenvalue weighted by molar-refractivity contribution is -0.384. The molecular formula is C32H23IN4O6. The predicted molar refractivity (Wildman–Crippen MR) is 172 cm³/mol. The molecular weight excluding hydrogens is 663 g/mol. The van der Waals surface area contributed by atoms with E-state index in [0.29, 0.717) is 51.5 Å². The number of fused-ring (bicyclic) bond motifs is 2. The van der Waals surface area contributed by atoms with E-state index in [-0.39, 0.29) is 23.7 Å². The van der Waals surface area contributed by atoms with Gasteiger partial charge in [0.1, 0.15) is 12.2 Å². The quantitative estimate of drug-likeness (QED) is 0.0684. The topological polar surface area (TPSA) is 122 Å². The van der Waals surface area contributed by atoms with Gasteiger partial charge in [-0.3, -0.25) is 14.9 Å². The summed E-state index contributed by atoms with van der Waals surface area (Å²) >= 11 is 2.14. The number of halogens is 1. The first-order chi connectivity index (χ1) is 20.9. The fourth-order valence-electron chi connectivity index (χ4n) is 4.59. The Balaban J connectivity index is 1.38. The third-order valence-corrected chi connectivity index (χ3v) is 7.36. The zero-order chi connectivity index (χ0) is 29.9. The average molecular weight is 686 g/mol. The Morgan fingerprint density at radius 2 is 1.84 bits per heavy atom. The van der Waals surface area contributed by atoms with E-state index in [9.17, 15) is 14.9 Å². The summed E-state index contributed by atoms with van der Waals surface area (Å²) in [4.78, 5) is 29.1. The Kier molecular flexibility index (Phi) is 7.88. The number of ether oxygens (including phenoxy) is 2. The van der Waals surface area contributed by atoms with Gasteiger partial charge in [-0.2, -0.15) is 9.78 Å². The molecule has 0 amide bonds. The lowest BCUT2D eigenvalue weighted by atomic mass is 10.2. The van der Waals surface area contributed by atoms with Crippen molar-refractivity contribution in [1.82, 2.24) is 9.66 Å². The number of nitro benzene ring substituents is 1. The van der Waals surface area contributed by atoms with Crippen LogP contribution in [0.4, 0.5) is 5.69 Å². The number of nitro groups is 1. The first kappa shape index (κ1) is 28.1. The lowest BCUT2D eigenvalue weighted by Gasteiger charge is -2.15.